The molecule has 0 amide bonds. The van der Waals surface area contributed by atoms with Crippen LogP contribution in [0.2, 0.25) is 36.3 Å². The predicted molar refractivity (Wildman–Crippen MR) is 174 cm³/mol. The largest absolute Gasteiger partial charge is 0.488 e. The summed E-state index contributed by atoms with van der Waals surface area (Å²) in [5.74, 6) is -0.294. The van der Waals surface area contributed by atoms with Crippen molar-refractivity contribution in [1.29, 1.82) is 0 Å². The van der Waals surface area contributed by atoms with E-state index in [9.17, 15) is 15.0 Å². The summed E-state index contributed by atoms with van der Waals surface area (Å²) in [4.78, 5) is 12.9. The topological polar surface area (TPSA) is 87.0 Å². The number of thiophene rings is 1. The number of aliphatic hydroxyl groups excluding tert-OH is 2. The number of ether oxygens (including phenoxy) is 1. The number of aliphatic hydroxyl groups is 2. The molecule has 2 rings (SSSR count). The van der Waals surface area contributed by atoms with Crippen LogP contribution in [-0.2, 0) is 11.4 Å². The van der Waals surface area contributed by atoms with Crippen LogP contribution in [0.15, 0.2) is 48.6 Å². The van der Waals surface area contributed by atoms with Gasteiger partial charge >= 0.3 is 5.97 Å². The van der Waals surface area contributed by atoms with Gasteiger partial charge < -0.3 is 20.1 Å². The van der Waals surface area contributed by atoms with Gasteiger partial charge in [0.25, 0.3) is 0 Å². The number of aliphatic carboxylic acids is 1. The van der Waals surface area contributed by atoms with Gasteiger partial charge in [0.15, 0.2) is 0 Å². The van der Waals surface area contributed by atoms with Gasteiger partial charge in [-0.2, -0.15) is 0 Å². The Morgan fingerprint density at radius 3 is 1.98 bits per heavy atom. The molecule has 1 aromatic heterocycles. The summed E-state index contributed by atoms with van der Waals surface area (Å²) in [7, 11) is -4.38. The van der Waals surface area contributed by atoms with E-state index in [-0.39, 0.29) is 10.1 Å². The minimum Gasteiger partial charge on any atom is -0.488 e. The second-order valence-corrected chi connectivity index (χ2v) is 26.0. The van der Waals surface area contributed by atoms with E-state index < -0.39 is 33.6 Å². The number of carboxylic acids is 1. The smallest absolute Gasteiger partial charge is 0.328 e. The molecule has 5 nitrogen and oxygen atoms in total. The van der Waals surface area contributed by atoms with Gasteiger partial charge in [-0.05, 0) is 57.5 Å². The number of hydrogen-bond acceptors (Lipinski definition) is 5. The SMILES string of the molecule is CC/C(=C/C=C/C(=O)O)c1ccc(COc2ccc(C(O)[Si](C)(C)C(C)(C)C)c(C(O)[Si](C)(C)C(C)(C)C)c2)s1. The highest BCUT2D eigenvalue weighted by molar-refractivity contribution is 7.13. The lowest BCUT2D eigenvalue weighted by molar-refractivity contribution is -0.131. The van der Waals surface area contributed by atoms with E-state index in [1.54, 1.807) is 17.4 Å². The Kier molecular flexibility index (Phi) is 11.0. The molecule has 2 unspecified atom stereocenters. The summed E-state index contributed by atoms with van der Waals surface area (Å²) in [6, 6.07) is 9.89. The van der Waals surface area contributed by atoms with Gasteiger partial charge in [-0.3, -0.25) is 0 Å². The Morgan fingerprint density at radius 2 is 1.48 bits per heavy atom. The van der Waals surface area contributed by atoms with E-state index in [1.807, 2.05) is 43.3 Å². The maximum Gasteiger partial charge on any atom is 0.328 e. The molecule has 0 aliphatic carbocycles. The van der Waals surface area contributed by atoms with Gasteiger partial charge in [0.05, 0.1) is 27.6 Å². The summed E-state index contributed by atoms with van der Waals surface area (Å²) < 4.78 is 6.24. The highest BCUT2D eigenvalue weighted by Crippen LogP contribution is 2.49. The average molecular weight is 603 g/mol. The quantitative estimate of drug-likeness (QED) is 0.136. The third-order valence-corrected chi connectivity index (χ3v) is 21.4. The van der Waals surface area contributed by atoms with Gasteiger partial charge in [-0.1, -0.05) is 92.9 Å². The molecule has 0 radical (unpaired) electrons. The monoisotopic (exact) mass is 602 g/mol. The van der Waals surface area contributed by atoms with Gasteiger partial charge in [0.2, 0.25) is 0 Å². The number of hydrogen-bond donors (Lipinski definition) is 3. The maximum atomic E-state index is 11.9. The first-order valence-electron chi connectivity index (χ1n) is 14.1. The number of benzene rings is 1. The van der Waals surface area contributed by atoms with E-state index in [0.717, 1.165) is 39.0 Å². The Balaban J connectivity index is 2.43. The molecule has 222 valence electrons. The van der Waals surface area contributed by atoms with Crippen molar-refractivity contribution >= 4 is 39.0 Å². The first-order chi connectivity index (χ1) is 18.2. The van der Waals surface area contributed by atoms with E-state index >= 15 is 0 Å². The number of rotatable bonds is 11. The van der Waals surface area contributed by atoms with Crippen molar-refractivity contribution in [2.45, 2.75) is 109 Å². The third kappa shape index (κ3) is 7.85. The zero-order chi connectivity index (χ0) is 30.7. The summed E-state index contributed by atoms with van der Waals surface area (Å²) in [5.41, 5.74) is 1.40. The lowest BCUT2D eigenvalue weighted by Gasteiger charge is -2.44. The molecular formula is C32H50O5SSi2. The lowest BCUT2D eigenvalue weighted by Crippen LogP contribution is -2.47. The molecule has 2 atom stereocenters. The van der Waals surface area contributed by atoms with Crippen LogP contribution in [0.25, 0.3) is 5.57 Å². The minimum atomic E-state index is -2.22. The van der Waals surface area contributed by atoms with Crippen LogP contribution in [0, 0.1) is 0 Å². The molecule has 0 bridgehead atoms. The van der Waals surface area contributed by atoms with Crippen molar-refractivity contribution in [3.8, 4) is 5.75 Å². The molecule has 0 aliphatic rings. The standard InChI is InChI=1S/C32H50O5SSi2/c1-12-22(14-13-15-28(33)34)27-19-17-24(38-27)21-37-23-16-18-25(29(35)39(8,9)31(2,3)4)26(20-23)30(36)40(10,11)32(5,6)7/h13-20,29-30,35-36H,12,21H2,1-11H3,(H,33,34)/b15-13+,22-14-. The molecule has 1 aromatic carbocycles. The zero-order valence-corrected chi connectivity index (χ0v) is 29.1. The van der Waals surface area contributed by atoms with Crippen molar-refractivity contribution in [3.63, 3.8) is 0 Å². The van der Waals surface area contributed by atoms with Crippen molar-refractivity contribution < 1.29 is 24.9 Å². The second-order valence-electron chi connectivity index (χ2n) is 13.8. The van der Waals surface area contributed by atoms with Gasteiger partial charge in [0.1, 0.15) is 12.4 Å². The lowest BCUT2D eigenvalue weighted by atomic mass is 10.1. The fourth-order valence-corrected chi connectivity index (χ4v) is 8.85. The van der Waals surface area contributed by atoms with Gasteiger partial charge in [-0.15, -0.1) is 11.3 Å². The van der Waals surface area contributed by atoms with Crippen LogP contribution >= 0.6 is 11.3 Å². The Labute approximate surface area is 247 Å². The molecule has 0 fully saturated rings. The highest BCUT2D eigenvalue weighted by atomic mass is 32.1. The van der Waals surface area contributed by atoms with E-state index in [2.05, 4.69) is 67.7 Å². The van der Waals surface area contributed by atoms with E-state index in [4.69, 9.17) is 9.84 Å². The van der Waals surface area contributed by atoms with Crippen molar-refractivity contribution in [3.05, 3.63) is 69.4 Å². The van der Waals surface area contributed by atoms with Crippen LogP contribution in [0.3, 0.4) is 0 Å². The first-order valence-corrected chi connectivity index (χ1v) is 21.0. The van der Waals surface area contributed by atoms with Crippen LogP contribution < -0.4 is 4.74 Å². The van der Waals surface area contributed by atoms with E-state index in [0.29, 0.717) is 12.4 Å². The van der Waals surface area contributed by atoms with Crippen molar-refractivity contribution in [2.24, 2.45) is 0 Å². The molecule has 2 aromatic rings. The fourth-order valence-electron chi connectivity index (χ4n) is 4.13. The number of allylic oxidation sites excluding steroid dienone is 3. The maximum absolute atomic E-state index is 11.9. The van der Waals surface area contributed by atoms with Crippen LogP contribution in [0.5, 0.6) is 5.75 Å². The van der Waals surface area contributed by atoms with Crippen molar-refractivity contribution in [2.75, 3.05) is 0 Å². The number of carbonyl (C=O) groups is 1. The highest BCUT2D eigenvalue weighted by Gasteiger charge is 2.47. The summed E-state index contributed by atoms with van der Waals surface area (Å²) in [5, 5.41) is 32.4. The van der Waals surface area contributed by atoms with E-state index in [1.165, 1.54) is 0 Å². The van der Waals surface area contributed by atoms with Gasteiger partial charge in [0, 0.05) is 15.8 Å². The van der Waals surface area contributed by atoms with Crippen LogP contribution in [0.1, 0.15) is 87.2 Å². The molecule has 0 aliphatic heterocycles. The molecule has 0 saturated carbocycles. The molecule has 0 spiro atoms. The number of carboxylic acid groups (broad SMARTS) is 1. The molecule has 3 N–H and O–H groups in total. The Morgan fingerprint density at radius 1 is 0.925 bits per heavy atom. The normalized spacial score (nSPS) is 15.4. The van der Waals surface area contributed by atoms with Crippen molar-refractivity contribution in [1.82, 2.24) is 0 Å². The fraction of sp³-hybridized carbons (Fsp3) is 0.531. The third-order valence-electron chi connectivity index (χ3n) is 9.16. The second kappa shape index (κ2) is 12.9. The first kappa shape index (κ1) is 34.2. The molecule has 8 heteroatoms. The summed E-state index contributed by atoms with van der Waals surface area (Å²) >= 11 is 1.62. The van der Waals surface area contributed by atoms with Gasteiger partial charge in [-0.25, -0.2) is 4.79 Å². The minimum absolute atomic E-state index is 0.0210. The predicted octanol–water partition coefficient (Wildman–Crippen LogP) is 8.92. The summed E-state index contributed by atoms with van der Waals surface area (Å²) in [6.45, 7) is 24.5. The van der Waals surface area contributed by atoms with Crippen LogP contribution in [0.4, 0.5) is 0 Å². The van der Waals surface area contributed by atoms with Crippen LogP contribution in [-0.4, -0.2) is 37.4 Å². The molecule has 0 saturated heterocycles. The molecule has 1 heterocycles. The zero-order valence-electron chi connectivity index (χ0n) is 26.3. The Hall–Kier alpha value is -1.98. The Bertz CT molecular complexity index is 1230. The summed E-state index contributed by atoms with van der Waals surface area (Å²) in [6.07, 6.45) is 5.32. The average Bonchev–Trinajstić information content (AvgIpc) is 3.31. The molecule has 40 heavy (non-hydrogen) atoms. The molecular weight excluding hydrogens is 553 g/mol.